The number of hydrogen-bond acceptors (Lipinski definition) is 5. The molecule has 5 heteroatoms. The molecule has 20 heavy (non-hydrogen) atoms. The molecule has 0 bridgehead atoms. The summed E-state index contributed by atoms with van der Waals surface area (Å²) in [6, 6.07) is 6.99. The summed E-state index contributed by atoms with van der Waals surface area (Å²) in [5.74, 6) is -0.399. The van der Waals surface area contributed by atoms with Gasteiger partial charge in [0, 0.05) is 11.9 Å². The molecule has 0 fully saturated rings. The number of anilines is 3. The van der Waals surface area contributed by atoms with Gasteiger partial charge in [-0.1, -0.05) is 0 Å². The van der Waals surface area contributed by atoms with Gasteiger partial charge < -0.3 is 15.8 Å². The molecule has 2 aromatic rings. The van der Waals surface area contributed by atoms with Crippen molar-refractivity contribution in [2.24, 2.45) is 0 Å². The number of nitrogen functional groups attached to an aromatic ring is 1. The van der Waals surface area contributed by atoms with Gasteiger partial charge in [0.05, 0.1) is 29.7 Å². The second-order valence-electron chi connectivity index (χ2n) is 4.34. The first-order chi connectivity index (χ1) is 9.61. The van der Waals surface area contributed by atoms with E-state index in [-0.39, 0.29) is 0 Å². The van der Waals surface area contributed by atoms with Crippen LogP contribution in [0.15, 0.2) is 36.7 Å². The first-order valence-corrected chi connectivity index (χ1v) is 6.36. The quantitative estimate of drug-likeness (QED) is 0.660. The first-order valence-electron chi connectivity index (χ1n) is 6.36. The van der Waals surface area contributed by atoms with Gasteiger partial charge in [-0.15, -0.1) is 0 Å². The maximum absolute atomic E-state index is 12.0. The zero-order chi connectivity index (χ0) is 14.5. The van der Waals surface area contributed by atoms with Crippen molar-refractivity contribution in [3.8, 4) is 0 Å². The van der Waals surface area contributed by atoms with Crippen LogP contribution in [0.1, 0.15) is 22.8 Å². The summed E-state index contributed by atoms with van der Waals surface area (Å²) in [4.78, 5) is 16.0. The minimum absolute atomic E-state index is 0.318. The number of hydrogen-bond donors (Lipinski definition) is 2. The van der Waals surface area contributed by atoms with Gasteiger partial charge in [-0.2, -0.15) is 0 Å². The third-order valence-corrected chi connectivity index (χ3v) is 2.85. The molecule has 0 saturated carbocycles. The van der Waals surface area contributed by atoms with E-state index < -0.39 is 5.97 Å². The molecule has 3 N–H and O–H groups in total. The summed E-state index contributed by atoms with van der Waals surface area (Å²) in [6.45, 7) is 4.05. The predicted molar refractivity (Wildman–Crippen MR) is 79.1 cm³/mol. The lowest BCUT2D eigenvalue weighted by atomic mass is 10.1. The van der Waals surface area contributed by atoms with Crippen LogP contribution in [0.5, 0.6) is 0 Å². The topological polar surface area (TPSA) is 77.2 Å². The van der Waals surface area contributed by atoms with Crippen LogP contribution in [0, 0.1) is 6.92 Å². The van der Waals surface area contributed by atoms with E-state index in [9.17, 15) is 4.79 Å². The first kappa shape index (κ1) is 13.9. The van der Waals surface area contributed by atoms with Crippen LogP contribution in [0.4, 0.5) is 17.1 Å². The molecule has 1 heterocycles. The Morgan fingerprint density at radius 2 is 2.15 bits per heavy atom. The van der Waals surface area contributed by atoms with Crippen molar-refractivity contribution in [2.45, 2.75) is 13.8 Å². The number of ether oxygens (including phenoxy) is 1. The van der Waals surface area contributed by atoms with E-state index in [1.54, 1.807) is 37.5 Å². The summed E-state index contributed by atoms with van der Waals surface area (Å²) >= 11 is 0. The number of nitrogens with one attached hydrogen (secondary N) is 1. The monoisotopic (exact) mass is 271 g/mol. The molecule has 0 spiro atoms. The SMILES string of the molecule is CCOC(=O)c1cc(N)ccc1Nc1cnccc1C. The molecule has 0 aliphatic carbocycles. The van der Waals surface area contributed by atoms with Gasteiger partial charge in [0.1, 0.15) is 0 Å². The second kappa shape index (κ2) is 6.06. The van der Waals surface area contributed by atoms with E-state index >= 15 is 0 Å². The van der Waals surface area contributed by atoms with Crippen LogP contribution in [-0.2, 0) is 4.74 Å². The van der Waals surface area contributed by atoms with Crippen molar-refractivity contribution in [3.63, 3.8) is 0 Å². The Balaban J connectivity index is 2.36. The van der Waals surface area contributed by atoms with E-state index in [2.05, 4.69) is 10.3 Å². The molecule has 0 radical (unpaired) electrons. The Morgan fingerprint density at radius 1 is 1.35 bits per heavy atom. The second-order valence-corrected chi connectivity index (χ2v) is 4.34. The highest BCUT2D eigenvalue weighted by Crippen LogP contribution is 2.25. The third-order valence-electron chi connectivity index (χ3n) is 2.85. The number of esters is 1. The molecule has 1 aromatic heterocycles. The van der Waals surface area contributed by atoms with E-state index in [4.69, 9.17) is 10.5 Å². The Hall–Kier alpha value is -2.56. The van der Waals surface area contributed by atoms with Crippen molar-refractivity contribution < 1.29 is 9.53 Å². The maximum Gasteiger partial charge on any atom is 0.340 e. The Labute approximate surface area is 117 Å². The average Bonchev–Trinajstić information content (AvgIpc) is 2.43. The van der Waals surface area contributed by atoms with Crippen molar-refractivity contribution in [1.29, 1.82) is 0 Å². The number of benzene rings is 1. The van der Waals surface area contributed by atoms with E-state index in [1.165, 1.54) is 0 Å². The lowest BCUT2D eigenvalue weighted by Crippen LogP contribution is -2.09. The van der Waals surface area contributed by atoms with Crippen LogP contribution in [0.2, 0.25) is 0 Å². The zero-order valence-electron chi connectivity index (χ0n) is 11.5. The van der Waals surface area contributed by atoms with E-state index in [1.807, 2.05) is 13.0 Å². The molecule has 0 aliphatic heterocycles. The van der Waals surface area contributed by atoms with Crippen LogP contribution in [-0.4, -0.2) is 17.6 Å². The van der Waals surface area contributed by atoms with Gasteiger partial charge in [0.25, 0.3) is 0 Å². The highest BCUT2D eigenvalue weighted by atomic mass is 16.5. The van der Waals surface area contributed by atoms with E-state index in [0.717, 1.165) is 11.3 Å². The Kier molecular flexibility index (Phi) is 4.20. The summed E-state index contributed by atoms with van der Waals surface area (Å²) in [7, 11) is 0. The largest absolute Gasteiger partial charge is 0.462 e. The molecule has 1 aromatic carbocycles. The minimum Gasteiger partial charge on any atom is -0.462 e. The molecule has 0 aliphatic rings. The molecule has 0 amide bonds. The normalized spacial score (nSPS) is 10.1. The molecule has 2 rings (SSSR count). The van der Waals surface area contributed by atoms with Crippen LogP contribution >= 0.6 is 0 Å². The number of carbonyl (C=O) groups excluding carboxylic acids is 1. The maximum atomic E-state index is 12.0. The molecule has 0 atom stereocenters. The van der Waals surface area contributed by atoms with Crippen LogP contribution in [0.25, 0.3) is 0 Å². The fourth-order valence-corrected chi connectivity index (χ4v) is 1.79. The number of rotatable bonds is 4. The molecule has 0 unspecified atom stereocenters. The number of aryl methyl sites for hydroxylation is 1. The Morgan fingerprint density at radius 3 is 2.85 bits per heavy atom. The summed E-state index contributed by atoms with van der Waals surface area (Å²) in [6.07, 6.45) is 3.43. The van der Waals surface area contributed by atoms with E-state index in [0.29, 0.717) is 23.5 Å². The highest BCUT2D eigenvalue weighted by molar-refractivity contribution is 5.97. The standard InChI is InChI=1S/C15H17N3O2/c1-3-20-15(19)12-8-11(16)4-5-13(12)18-14-9-17-7-6-10(14)2/h4-9,18H,3,16H2,1-2H3. The van der Waals surface area contributed by atoms with Gasteiger partial charge in [-0.05, 0) is 43.7 Å². The van der Waals surface area contributed by atoms with Gasteiger partial charge in [-0.3, -0.25) is 4.98 Å². The predicted octanol–water partition coefficient (Wildman–Crippen LogP) is 2.89. The third kappa shape index (κ3) is 3.06. The van der Waals surface area contributed by atoms with Gasteiger partial charge in [-0.25, -0.2) is 4.79 Å². The van der Waals surface area contributed by atoms with Crippen molar-refractivity contribution in [3.05, 3.63) is 47.8 Å². The lowest BCUT2D eigenvalue weighted by molar-refractivity contribution is 0.0527. The van der Waals surface area contributed by atoms with Gasteiger partial charge in [0.15, 0.2) is 0 Å². The van der Waals surface area contributed by atoms with Crippen molar-refractivity contribution in [2.75, 3.05) is 17.7 Å². The number of carbonyl (C=O) groups is 1. The summed E-state index contributed by atoms with van der Waals surface area (Å²) in [5, 5.41) is 3.19. The molecular weight excluding hydrogens is 254 g/mol. The molecule has 0 saturated heterocycles. The lowest BCUT2D eigenvalue weighted by Gasteiger charge is -2.13. The molecule has 104 valence electrons. The molecular formula is C15H17N3O2. The van der Waals surface area contributed by atoms with Gasteiger partial charge >= 0.3 is 5.97 Å². The highest BCUT2D eigenvalue weighted by Gasteiger charge is 2.13. The number of aromatic nitrogens is 1. The fourth-order valence-electron chi connectivity index (χ4n) is 1.79. The smallest absolute Gasteiger partial charge is 0.340 e. The minimum atomic E-state index is -0.399. The van der Waals surface area contributed by atoms with Crippen molar-refractivity contribution >= 4 is 23.0 Å². The average molecular weight is 271 g/mol. The van der Waals surface area contributed by atoms with Crippen LogP contribution in [0.3, 0.4) is 0 Å². The number of nitrogens with two attached hydrogens (primary N) is 1. The number of pyridine rings is 1. The van der Waals surface area contributed by atoms with Gasteiger partial charge in [0.2, 0.25) is 0 Å². The summed E-state index contributed by atoms with van der Waals surface area (Å²) < 4.78 is 5.04. The summed E-state index contributed by atoms with van der Waals surface area (Å²) in [5.41, 5.74) is 9.18. The Bertz CT molecular complexity index is 626. The molecule has 5 nitrogen and oxygen atoms in total. The zero-order valence-corrected chi connectivity index (χ0v) is 11.5. The van der Waals surface area contributed by atoms with Crippen LogP contribution < -0.4 is 11.1 Å². The number of nitrogens with zero attached hydrogens (tertiary/aromatic N) is 1. The van der Waals surface area contributed by atoms with Crippen molar-refractivity contribution in [1.82, 2.24) is 4.98 Å². The fraction of sp³-hybridized carbons (Fsp3) is 0.200.